The van der Waals surface area contributed by atoms with E-state index in [4.69, 9.17) is 0 Å². The van der Waals surface area contributed by atoms with E-state index in [1.807, 2.05) is 36.6 Å². The molecular weight excluding hydrogens is 334 g/mol. The lowest BCUT2D eigenvalue weighted by atomic mass is 10.1. The molecule has 25 heavy (non-hydrogen) atoms. The van der Waals surface area contributed by atoms with Gasteiger partial charge in [0.25, 0.3) is 0 Å². The monoisotopic (exact) mass is 357 g/mol. The van der Waals surface area contributed by atoms with Gasteiger partial charge in [-0.1, -0.05) is 19.1 Å². The van der Waals surface area contributed by atoms with E-state index in [1.165, 1.54) is 0 Å². The maximum atomic E-state index is 12.2. The van der Waals surface area contributed by atoms with Crippen LogP contribution in [0.1, 0.15) is 49.0 Å². The lowest BCUT2D eigenvalue weighted by Gasteiger charge is -2.15. The second-order valence-electron chi connectivity index (χ2n) is 6.44. The van der Waals surface area contributed by atoms with Crippen LogP contribution in [0.4, 0.5) is 5.69 Å². The minimum Gasteiger partial charge on any atom is -0.349 e. The Labute approximate surface area is 151 Å². The number of nitrogens with zero attached hydrogens (tertiary/aromatic N) is 1. The second kappa shape index (κ2) is 7.78. The van der Waals surface area contributed by atoms with Crippen LogP contribution < -0.4 is 10.6 Å². The summed E-state index contributed by atoms with van der Waals surface area (Å²) in [5, 5.41) is 8.92. The number of carbonyl (C=O) groups excluding carboxylic acids is 2. The molecule has 2 aromatic rings. The van der Waals surface area contributed by atoms with Crippen LogP contribution in [0.3, 0.4) is 0 Å². The summed E-state index contributed by atoms with van der Waals surface area (Å²) >= 11 is 1.59. The molecule has 1 aliphatic carbocycles. The van der Waals surface area contributed by atoms with Crippen molar-refractivity contribution in [3.63, 3.8) is 0 Å². The van der Waals surface area contributed by atoms with Gasteiger partial charge in [-0.3, -0.25) is 9.59 Å². The lowest BCUT2D eigenvalue weighted by molar-refractivity contribution is -0.121. The Balaban J connectivity index is 1.52. The van der Waals surface area contributed by atoms with Crippen molar-refractivity contribution >= 4 is 28.8 Å². The number of hydrogen-bond donors (Lipinski definition) is 2. The average Bonchev–Trinajstić information content (AvgIpc) is 3.36. The second-order valence-corrected chi connectivity index (χ2v) is 7.38. The van der Waals surface area contributed by atoms with Gasteiger partial charge in [-0.15, -0.1) is 11.3 Å². The first-order valence-electron chi connectivity index (χ1n) is 8.68. The van der Waals surface area contributed by atoms with E-state index in [9.17, 15) is 9.59 Å². The molecule has 1 aliphatic rings. The molecule has 1 heterocycles. The highest BCUT2D eigenvalue weighted by Gasteiger charge is 2.29. The zero-order chi connectivity index (χ0) is 17.8. The summed E-state index contributed by atoms with van der Waals surface area (Å²) < 4.78 is 0. The van der Waals surface area contributed by atoms with Crippen LogP contribution in [-0.2, 0) is 22.4 Å². The van der Waals surface area contributed by atoms with Gasteiger partial charge in [0.15, 0.2) is 0 Å². The highest BCUT2D eigenvalue weighted by atomic mass is 32.1. The van der Waals surface area contributed by atoms with Crippen LogP contribution in [0.15, 0.2) is 29.6 Å². The van der Waals surface area contributed by atoms with Crippen molar-refractivity contribution in [2.24, 2.45) is 5.92 Å². The van der Waals surface area contributed by atoms with Gasteiger partial charge in [0.2, 0.25) is 11.8 Å². The first-order chi connectivity index (χ1) is 12.0. The lowest BCUT2D eigenvalue weighted by Crippen LogP contribution is -2.28. The quantitative estimate of drug-likeness (QED) is 0.797. The van der Waals surface area contributed by atoms with Gasteiger partial charge in [-0.2, -0.15) is 0 Å². The van der Waals surface area contributed by atoms with Crippen molar-refractivity contribution in [3.8, 4) is 0 Å². The number of thiazole rings is 1. The van der Waals surface area contributed by atoms with E-state index in [0.29, 0.717) is 6.42 Å². The summed E-state index contributed by atoms with van der Waals surface area (Å²) in [6, 6.07) is 7.54. The molecule has 2 N–H and O–H groups in total. The van der Waals surface area contributed by atoms with Crippen LogP contribution in [-0.4, -0.2) is 16.8 Å². The van der Waals surface area contributed by atoms with Gasteiger partial charge in [-0.05, 0) is 43.9 Å². The van der Waals surface area contributed by atoms with Crippen molar-refractivity contribution < 1.29 is 9.59 Å². The van der Waals surface area contributed by atoms with Crippen LogP contribution >= 0.6 is 11.3 Å². The Morgan fingerprint density at radius 1 is 1.28 bits per heavy atom. The van der Waals surface area contributed by atoms with E-state index in [2.05, 4.69) is 22.5 Å². The molecule has 0 radical (unpaired) electrons. The van der Waals surface area contributed by atoms with Gasteiger partial charge < -0.3 is 10.6 Å². The van der Waals surface area contributed by atoms with Crippen molar-refractivity contribution in [3.05, 3.63) is 45.9 Å². The van der Waals surface area contributed by atoms with Gasteiger partial charge >= 0.3 is 0 Å². The maximum absolute atomic E-state index is 12.2. The Kier molecular flexibility index (Phi) is 5.48. The predicted molar refractivity (Wildman–Crippen MR) is 99.5 cm³/mol. The maximum Gasteiger partial charge on any atom is 0.227 e. The zero-order valence-electron chi connectivity index (χ0n) is 14.5. The fraction of sp³-hybridized carbons (Fsp3) is 0.421. The van der Waals surface area contributed by atoms with Crippen LogP contribution in [0.25, 0.3) is 0 Å². The molecule has 1 fully saturated rings. The van der Waals surface area contributed by atoms with Crippen molar-refractivity contribution in [1.82, 2.24) is 10.3 Å². The first-order valence-corrected chi connectivity index (χ1v) is 9.56. The molecule has 0 bridgehead atoms. The Morgan fingerprint density at radius 2 is 2.00 bits per heavy atom. The zero-order valence-corrected chi connectivity index (χ0v) is 15.4. The third-order valence-corrected chi connectivity index (χ3v) is 5.29. The van der Waals surface area contributed by atoms with Crippen LogP contribution in [0.5, 0.6) is 0 Å². The third-order valence-electron chi connectivity index (χ3n) is 4.25. The Morgan fingerprint density at radius 3 is 2.60 bits per heavy atom. The fourth-order valence-corrected chi connectivity index (χ4v) is 3.32. The highest BCUT2D eigenvalue weighted by Crippen LogP contribution is 2.30. The summed E-state index contributed by atoms with van der Waals surface area (Å²) in [6.07, 6.45) is 3.18. The molecule has 1 unspecified atom stereocenters. The molecular formula is C19H23N3O2S. The van der Waals surface area contributed by atoms with Gasteiger partial charge in [0, 0.05) is 17.0 Å². The minimum absolute atomic E-state index is 0.0356. The number of nitrogens with one attached hydrogen (secondary N) is 2. The molecule has 0 aliphatic heterocycles. The molecule has 132 valence electrons. The fourth-order valence-electron chi connectivity index (χ4n) is 2.58. The molecule has 6 heteroatoms. The third kappa shape index (κ3) is 4.89. The largest absolute Gasteiger partial charge is 0.349 e. The summed E-state index contributed by atoms with van der Waals surface area (Å²) in [5.74, 6) is 0.257. The van der Waals surface area contributed by atoms with E-state index in [-0.39, 0.29) is 23.8 Å². The number of carbonyl (C=O) groups is 2. The first kappa shape index (κ1) is 17.6. The van der Waals surface area contributed by atoms with E-state index in [0.717, 1.165) is 41.2 Å². The molecule has 2 amide bonds. The van der Waals surface area contributed by atoms with E-state index >= 15 is 0 Å². The van der Waals surface area contributed by atoms with Gasteiger partial charge in [0.05, 0.1) is 23.2 Å². The highest BCUT2D eigenvalue weighted by molar-refractivity contribution is 7.09. The topological polar surface area (TPSA) is 71.1 Å². The molecule has 0 saturated heterocycles. The van der Waals surface area contributed by atoms with Gasteiger partial charge in [0.1, 0.15) is 0 Å². The van der Waals surface area contributed by atoms with Crippen molar-refractivity contribution in [1.29, 1.82) is 0 Å². The summed E-state index contributed by atoms with van der Waals surface area (Å²) in [5.41, 5.74) is 2.63. The number of anilines is 1. The summed E-state index contributed by atoms with van der Waals surface area (Å²) in [7, 11) is 0. The molecule has 1 aromatic heterocycles. The Bertz CT molecular complexity index is 750. The molecule has 0 spiro atoms. The number of amides is 2. The number of hydrogen-bond acceptors (Lipinski definition) is 4. The number of benzene rings is 1. The van der Waals surface area contributed by atoms with E-state index in [1.54, 1.807) is 11.3 Å². The number of rotatable bonds is 7. The van der Waals surface area contributed by atoms with Crippen molar-refractivity contribution in [2.45, 2.75) is 45.6 Å². The molecule has 1 aromatic carbocycles. The number of aromatic nitrogens is 1. The van der Waals surface area contributed by atoms with Gasteiger partial charge in [-0.25, -0.2) is 4.98 Å². The predicted octanol–water partition coefficient (Wildman–Crippen LogP) is 3.47. The van der Waals surface area contributed by atoms with Crippen molar-refractivity contribution in [2.75, 3.05) is 5.32 Å². The smallest absolute Gasteiger partial charge is 0.227 e. The number of aryl methyl sites for hydroxylation is 1. The van der Waals surface area contributed by atoms with Crippen LogP contribution in [0.2, 0.25) is 0 Å². The standard InChI is InChI=1S/C19H23N3O2S/c1-3-18-21-16(11-25-18)10-17(23)20-12(2)13-6-8-15(9-7-13)22-19(24)14-4-5-14/h6-9,11-12,14H,3-5,10H2,1-2H3,(H,20,23)(H,22,24). The molecule has 1 atom stereocenters. The minimum atomic E-state index is -0.0926. The normalized spacial score (nSPS) is 14.8. The Hall–Kier alpha value is -2.21. The average molecular weight is 357 g/mol. The van der Waals surface area contributed by atoms with E-state index < -0.39 is 0 Å². The summed E-state index contributed by atoms with van der Waals surface area (Å²) in [4.78, 5) is 28.4. The summed E-state index contributed by atoms with van der Waals surface area (Å²) in [6.45, 7) is 4.01. The van der Waals surface area contributed by atoms with Crippen LogP contribution in [0, 0.1) is 5.92 Å². The molecule has 1 saturated carbocycles. The molecule has 3 rings (SSSR count). The molecule has 5 nitrogen and oxygen atoms in total. The SMILES string of the molecule is CCc1nc(CC(=O)NC(C)c2ccc(NC(=O)C3CC3)cc2)cs1.